The molecule has 1 aromatic carbocycles. The van der Waals surface area contributed by atoms with Crippen molar-refractivity contribution in [1.29, 1.82) is 0 Å². The quantitative estimate of drug-likeness (QED) is 0.835. The minimum Gasteiger partial charge on any atom is -0.366 e. The van der Waals surface area contributed by atoms with Crippen LogP contribution in [0.5, 0.6) is 0 Å². The average molecular weight is 279 g/mol. The highest BCUT2D eigenvalue weighted by atomic mass is 19.1. The molecule has 0 aromatic heterocycles. The van der Waals surface area contributed by atoms with Crippen molar-refractivity contribution in [2.75, 3.05) is 51.7 Å². The molecule has 1 aliphatic rings. The molecule has 1 aliphatic heterocycles. The Labute approximate surface area is 119 Å². The van der Waals surface area contributed by atoms with Gasteiger partial charge in [-0.15, -0.1) is 0 Å². The minimum atomic E-state index is -0.182. The van der Waals surface area contributed by atoms with Gasteiger partial charge in [0.05, 0.1) is 12.2 Å². The van der Waals surface area contributed by atoms with Gasteiger partial charge in [-0.2, -0.15) is 0 Å². The molecule has 0 saturated carbocycles. The standard InChI is InChI=1S/C15H22FN3O/c1-12-4-5-14(13(16)10-12)18-6-8-19(9-7-18)15(20)11-17(2)3/h4-5,10H,6-9,11H2,1-3H3. The van der Waals surface area contributed by atoms with E-state index in [1.807, 2.05) is 47.9 Å². The predicted molar refractivity (Wildman–Crippen MR) is 78.5 cm³/mol. The molecule has 0 aliphatic carbocycles. The van der Waals surface area contributed by atoms with E-state index in [0.29, 0.717) is 38.4 Å². The second-order valence-electron chi connectivity index (χ2n) is 5.56. The fraction of sp³-hybridized carbons (Fsp3) is 0.533. The number of aryl methyl sites for hydroxylation is 1. The summed E-state index contributed by atoms with van der Waals surface area (Å²) in [7, 11) is 3.77. The molecule has 4 nitrogen and oxygen atoms in total. The highest BCUT2D eigenvalue weighted by Gasteiger charge is 2.22. The van der Waals surface area contributed by atoms with Crippen molar-refractivity contribution >= 4 is 11.6 Å². The minimum absolute atomic E-state index is 0.138. The zero-order valence-corrected chi connectivity index (χ0v) is 12.4. The van der Waals surface area contributed by atoms with E-state index in [1.165, 1.54) is 0 Å². The van der Waals surface area contributed by atoms with Crippen molar-refractivity contribution in [2.24, 2.45) is 0 Å². The molecule has 0 N–H and O–H groups in total. The van der Waals surface area contributed by atoms with Crippen LogP contribution in [0.2, 0.25) is 0 Å². The fourth-order valence-electron chi connectivity index (χ4n) is 2.44. The topological polar surface area (TPSA) is 26.8 Å². The average Bonchev–Trinajstić information content (AvgIpc) is 2.38. The molecule has 1 heterocycles. The first-order chi connectivity index (χ1) is 9.47. The third-order valence-corrected chi connectivity index (χ3v) is 3.53. The number of anilines is 1. The summed E-state index contributed by atoms with van der Waals surface area (Å²) in [4.78, 5) is 17.7. The number of likely N-dealkylation sites (N-methyl/N-ethyl adjacent to an activating group) is 1. The highest BCUT2D eigenvalue weighted by molar-refractivity contribution is 5.78. The molecule has 1 amide bonds. The Bertz CT molecular complexity index is 482. The lowest BCUT2D eigenvalue weighted by Gasteiger charge is -2.36. The van der Waals surface area contributed by atoms with Gasteiger partial charge in [-0.25, -0.2) is 4.39 Å². The summed E-state index contributed by atoms with van der Waals surface area (Å²) >= 11 is 0. The first kappa shape index (κ1) is 14.8. The van der Waals surface area contributed by atoms with Gasteiger partial charge in [-0.05, 0) is 38.7 Å². The Kier molecular flexibility index (Phi) is 4.60. The number of halogens is 1. The number of benzene rings is 1. The van der Waals surface area contributed by atoms with Crippen molar-refractivity contribution in [3.05, 3.63) is 29.6 Å². The molecular formula is C15H22FN3O. The number of rotatable bonds is 3. The fourth-order valence-corrected chi connectivity index (χ4v) is 2.44. The first-order valence-electron chi connectivity index (χ1n) is 6.91. The van der Waals surface area contributed by atoms with E-state index in [1.54, 1.807) is 6.07 Å². The van der Waals surface area contributed by atoms with Gasteiger partial charge in [0.1, 0.15) is 5.82 Å². The van der Waals surface area contributed by atoms with Crippen LogP contribution in [0.15, 0.2) is 18.2 Å². The predicted octanol–water partition coefficient (Wildman–Crippen LogP) is 1.34. The SMILES string of the molecule is Cc1ccc(N2CCN(C(=O)CN(C)C)CC2)c(F)c1. The first-order valence-corrected chi connectivity index (χ1v) is 6.91. The summed E-state index contributed by atoms with van der Waals surface area (Å²) in [6.45, 7) is 4.97. The molecule has 1 fully saturated rings. The lowest BCUT2D eigenvalue weighted by atomic mass is 10.2. The number of nitrogens with zero attached hydrogens (tertiary/aromatic N) is 3. The zero-order chi connectivity index (χ0) is 14.7. The van der Waals surface area contributed by atoms with Crippen molar-refractivity contribution in [3.8, 4) is 0 Å². The largest absolute Gasteiger partial charge is 0.366 e. The maximum atomic E-state index is 13.9. The van der Waals surface area contributed by atoms with Crippen molar-refractivity contribution in [2.45, 2.75) is 6.92 Å². The van der Waals surface area contributed by atoms with Crippen LogP contribution in [0.25, 0.3) is 0 Å². The second-order valence-corrected chi connectivity index (χ2v) is 5.56. The van der Waals surface area contributed by atoms with Crippen molar-refractivity contribution in [1.82, 2.24) is 9.80 Å². The summed E-state index contributed by atoms with van der Waals surface area (Å²) in [5.74, 6) is -0.0444. The van der Waals surface area contributed by atoms with Gasteiger partial charge in [0.15, 0.2) is 0 Å². The van der Waals surface area contributed by atoms with Crippen molar-refractivity contribution in [3.63, 3.8) is 0 Å². The summed E-state index contributed by atoms with van der Waals surface area (Å²) in [6.07, 6.45) is 0. The van der Waals surface area contributed by atoms with Crippen LogP contribution in [0.1, 0.15) is 5.56 Å². The second kappa shape index (κ2) is 6.22. The molecule has 0 unspecified atom stereocenters. The van der Waals surface area contributed by atoms with Crippen LogP contribution in [-0.2, 0) is 4.79 Å². The molecule has 2 rings (SSSR count). The molecular weight excluding hydrogens is 257 g/mol. The molecule has 1 saturated heterocycles. The van der Waals surface area contributed by atoms with E-state index in [4.69, 9.17) is 0 Å². The summed E-state index contributed by atoms with van der Waals surface area (Å²) in [6, 6.07) is 5.29. The molecule has 0 radical (unpaired) electrons. The van der Waals surface area contributed by atoms with Gasteiger partial charge >= 0.3 is 0 Å². The molecule has 0 bridgehead atoms. The van der Waals surface area contributed by atoms with E-state index in [0.717, 1.165) is 5.56 Å². The summed E-state index contributed by atoms with van der Waals surface area (Å²) in [5, 5.41) is 0. The van der Waals surface area contributed by atoms with Gasteiger partial charge in [0, 0.05) is 26.2 Å². The lowest BCUT2D eigenvalue weighted by Crippen LogP contribution is -2.50. The van der Waals surface area contributed by atoms with E-state index < -0.39 is 0 Å². The van der Waals surface area contributed by atoms with E-state index in [9.17, 15) is 9.18 Å². The Morgan fingerprint density at radius 1 is 1.25 bits per heavy atom. The smallest absolute Gasteiger partial charge is 0.236 e. The van der Waals surface area contributed by atoms with E-state index in [2.05, 4.69) is 0 Å². The molecule has 5 heteroatoms. The van der Waals surface area contributed by atoms with Crippen LogP contribution in [0, 0.1) is 12.7 Å². The highest BCUT2D eigenvalue weighted by Crippen LogP contribution is 2.21. The molecule has 110 valence electrons. The van der Waals surface area contributed by atoms with Crippen LogP contribution >= 0.6 is 0 Å². The van der Waals surface area contributed by atoms with E-state index in [-0.39, 0.29) is 11.7 Å². The molecule has 0 spiro atoms. The van der Waals surface area contributed by atoms with Crippen LogP contribution < -0.4 is 4.90 Å². The Hall–Kier alpha value is -1.62. The van der Waals surface area contributed by atoms with Crippen LogP contribution in [0.3, 0.4) is 0 Å². The van der Waals surface area contributed by atoms with Gasteiger partial charge in [0.25, 0.3) is 0 Å². The monoisotopic (exact) mass is 279 g/mol. The third kappa shape index (κ3) is 3.48. The van der Waals surface area contributed by atoms with Gasteiger partial charge < -0.3 is 14.7 Å². The number of hydrogen-bond acceptors (Lipinski definition) is 3. The Morgan fingerprint density at radius 3 is 2.45 bits per heavy atom. The van der Waals surface area contributed by atoms with Gasteiger partial charge in [-0.3, -0.25) is 4.79 Å². The van der Waals surface area contributed by atoms with E-state index >= 15 is 0 Å². The zero-order valence-electron chi connectivity index (χ0n) is 12.4. The third-order valence-electron chi connectivity index (χ3n) is 3.53. The lowest BCUT2D eigenvalue weighted by molar-refractivity contribution is -0.132. The molecule has 20 heavy (non-hydrogen) atoms. The normalized spacial score (nSPS) is 15.8. The van der Waals surface area contributed by atoms with Gasteiger partial charge in [-0.1, -0.05) is 6.07 Å². The Morgan fingerprint density at radius 2 is 1.90 bits per heavy atom. The summed E-state index contributed by atoms with van der Waals surface area (Å²) < 4.78 is 13.9. The maximum absolute atomic E-state index is 13.9. The molecule has 1 aromatic rings. The van der Waals surface area contributed by atoms with Gasteiger partial charge in [0.2, 0.25) is 5.91 Å². The summed E-state index contributed by atoms with van der Waals surface area (Å²) in [5.41, 5.74) is 1.56. The van der Waals surface area contributed by atoms with Crippen LogP contribution in [0.4, 0.5) is 10.1 Å². The Balaban J connectivity index is 1.95. The maximum Gasteiger partial charge on any atom is 0.236 e. The number of carbonyl (C=O) groups excluding carboxylic acids is 1. The van der Waals surface area contributed by atoms with Crippen LogP contribution in [-0.4, -0.2) is 62.5 Å². The number of amides is 1. The number of carbonyl (C=O) groups is 1. The molecule has 0 atom stereocenters. The van der Waals surface area contributed by atoms with Crippen molar-refractivity contribution < 1.29 is 9.18 Å². The number of piperazine rings is 1. The number of hydrogen-bond donors (Lipinski definition) is 0.